The van der Waals surface area contributed by atoms with Crippen LogP contribution in [-0.2, 0) is 19.3 Å². The zero-order chi connectivity index (χ0) is 9.10. The third kappa shape index (κ3) is 2.35. The lowest BCUT2D eigenvalue weighted by atomic mass is 9.99. The van der Waals surface area contributed by atoms with Gasteiger partial charge < -0.3 is 0 Å². The Morgan fingerprint density at radius 1 is 1.31 bits per heavy atom. The molecule has 2 rings (SSSR count). The molecule has 0 aromatic carbocycles. The van der Waals surface area contributed by atoms with Gasteiger partial charge in [0.05, 0.1) is 0 Å². The Bertz CT molecular complexity index is 254. The van der Waals surface area contributed by atoms with Crippen LogP contribution in [-0.4, -0.2) is 5.33 Å². The molecule has 72 valence electrons. The maximum atomic E-state index is 3.48. The van der Waals surface area contributed by atoms with Crippen LogP contribution in [0, 0.1) is 0 Å². The highest BCUT2D eigenvalue weighted by atomic mass is 79.9. The molecule has 0 unspecified atom stereocenters. The van der Waals surface area contributed by atoms with Gasteiger partial charge in [0, 0.05) is 15.1 Å². The summed E-state index contributed by atoms with van der Waals surface area (Å²) in [6.07, 6.45) is 8.03. The van der Waals surface area contributed by atoms with E-state index in [4.69, 9.17) is 0 Å². The number of hydrogen-bond donors (Lipinski definition) is 0. The van der Waals surface area contributed by atoms with Crippen molar-refractivity contribution in [3.8, 4) is 0 Å². The quantitative estimate of drug-likeness (QED) is 0.721. The molecule has 0 N–H and O–H groups in total. The Labute approximate surface area is 92.5 Å². The lowest BCUT2D eigenvalue weighted by molar-refractivity contribution is 0.697. The lowest BCUT2D eigenvalue weighted by Crippen LogP contribution is -1.96. The van der Waals surface area contributed by atoms with E-state index in [-0.39, 0.29) is 0 Å². The highest BCUT2D eigenvalue weighted by Crippen LogP contribution is 2.30. The summed E-state index contributed by atoms with van der Waals surface area (Å²) in [5.74, 6) is 0. The molecule has 0 saturated heterocycles. The summed E-state index contributed by atoms with van der Waals surface area (Å²) < 4.78 is 0. The van der Waals surface area contributed by atoms with Gasteiger partial charge in [-0.2, -0.15) is 0 Å². The number of hydrogen-bond acceptors (Lipinski definition) is 1. The summed E-state index contributed by atoms with van der Waals surface area (Å²) in [7, 11) is 0. The van der Waals surface area contributed by atoms with Gasteiger partial charge in [-0.1, -0.05) is 15.9 Å². The highest BCUT2D eigenvalue weighted by Gasteiger charge is 2.12. The average molecular weight is 259 g/mol. The van der Waals surface area contributed by atoms with Crippen LogP contribution in [0.2, 0.25) is 0 Å². The number of halogens is 1. The van der Waals surface area contributed by atoms with Crippen molar-refractivity contribution in [2.75, 3.05) is 5.33 Å². The Hall–Kier alpha value is 0.180. The second-order valence-corrected chi connectivity index (χ2v) is 5.68. The summed E-state index contributed by atoms with van der Waals surface area (Å²) in [5.41, 5.74) is 1.65. The zero-order valence-electron chi connectivity index (χ0n) is 7.81. The van der Waals surface area contributed by atoms with Crippen LogP contribution in [0.25, 0.3) is 0 Å². The molecule has 2 heteroatoms. The largest absolute Gasteiger partial charge is 0.145 e. The first-order chi connectivity index (χ1) is 6.40. The number of fused-ring (bicyclic) bond motifs is 1. The van der Waals surface area contributed by atoms with Crippen LogP contribution in [0.15, 0.2) is 6.07 Å². The number of aryl methyl sites for hydroxylation is 3. The van der Waals surface area contributed by atoms with E-state index in [2.05, 4.69) is 33.3 Å². The van der Waals surface area contributed by atoms with Crippen molar-refractivity contribution >= 4 is 27.3 Å². The van der Waals surface area contributed by atoms with Crippen LogP contribution >= 0.6 is 27.3 Å². The van der Waals surface area contributed by atoms with Crippen molar-refractivity contribution in [3.05, 3.63) is 21.4 Å². The molecule has 0 amide bonds. The van der Waals surface area contributed by atoms with Crippen LogP contribution in [0.3, 0.4) is 0 Å². The highest BCUT2D eigenvalue weighted by molar-refractivity contribution is 9.09. The third-order valence-corrected chi connectivity index (χ3v) is 4.46. The van der Waals surface area contributed by atoms with Gasteiger partial charge in [0.1, 0.15) is 0 Å². The predicted octanol–water partition coefficient (Wildman–Crippen LogP) is 3.95. The molecule has 0 aliphatic heterocycles. The standard InChI is InChI=1S/C11H15BrS/c12-7-3-5-10-8-9-4-1-2-6-11(9)13-10/h8H,1-7H2. The van der Waals surface area contributed by atoms with Gasteiger partial charge in [0.15, 0.2) is 0 Å². The van der Waals surface area contributed by atoms with Crippen molar-refractivity contribution in [2.24, 2.45) is 0 Å². The third-order valence-electron chi connectivity index (χ3n) is 2.60. The van der Waals surface area contributed by atoms with Crippen LogP contribution in [0.1, 0.15) is 34.6 Å². The zero-order valence-corrected chi connectivity index (χ0v) is 10.2. The number of alkyl halides is 1. The van der Waals surface area contributed by atoms with Gasteiger partial charge in [0.2, 0.25) is 0 Å². The molecule has 0 atom stereocenters. The van der Waals surface area contributed by atoms with Crippen LogP contribution < -0.4 is 0 Å². The van der Waals surface area contributed by atoms with E-state index >= 15 is 0 Å². The molecular weight excluding hydrogens is 244 g/mol. The summed E-state index contributed by atoms with van der Waals surface area (Å²) in [4.78, 5) is 3.28. The molecule has 0 bridgehead atoms. The van der Waals surface area contributed by atoms with Gasteiger partial charge in [-0.05, 0) is 50.2 Å². The minimum Gasteiger partial charge on any atom is -0.145 e. The second-order valence-electron chi connectivity index (χ2n) is 3.66. The fourth-order valence-electron chi connectivity index (χ4n) is 1.92. The van der Waals surface area contributed by atoms with Gasteiger partial charge in [-0.25, -0.2) is 0 Å². The topological polar surface area (TPSA) is 0 Å². The number of rotatable bonds is 3. The molecule has 1 aliphatic rings. The van der Waals surface area contributed by atoms with Crippen molar-refractivity contribution in [2.45, 2.75) is 38.5 Å². The van der Waals surface area contributed by atoms with E-state index < -0.39 is 0 Å². The van der Waals surface area contributed by atoms with Crippen molar-refractivity contribution in [1.82, 2.24) is 0 Å². The molecule has 1 aliphatic carbocycles. The Morgan fingerprint density at radius 3 is 2.92 bits per heavy atom. The SMILES string of the molecule is BrCCCc1cc2c(s1)CCCC2. The molecule has 0 radical (unpaired) electrons. The van der Waals surface area contributed by atoms with E-state index in [1.807, 2.05) is 0 Å². The second kappa shape index (κ2) is 4.61. The Balaban J connectivity index is 2.07. The van der Waals surface area contributed by atoms with Crippen molar-refractivity contribution in [1.29, 1.82) is 0 Å². The van der Waals surface area contributed by atoms with Gasteiger partial charge in [0.25, 0.3) is 0 Å². The van der Waals surface area contributed by atoms with Gasteiger partial charge >= 0.3 is 0 Å². The monoisotopic (exact) mass is 258 g/mol. The smallest absolute Gasteiger partial charge is 0.00801 e. The molecule has 0 fully saturated rings. The summed E-state index contributed by atoms with van der Waals surface area (Å²) in [6, 6.07) is 2.45. The fraction of sp³-hybridized carbons (Fsp3) is 0.636. The first-order valence-electron chi connectivity index (χ1n) is 5.06. The maximum absolute atomic E-state index is 3.48. The Morgan fingerprint density at radius 2 is 2.15 bits per heavy atom. The van der Waals surface area contributed by atoms with E-state index in [0.29, 0.717) is 0 Å². The summed E-state index contributed by atoms with van der Waals surface area (Å²) in [5, 5.41) is 1.13. The molecule has 0 saturated carbocycles. The van der Waals surface area contributed by atoms with Gasteiger partial charge in [-0.3, -0.25) is 0 Å². The van der Waals surface area contributed by atoms with Crippen molar-refractivity contribution < 1.29 is 0 Å². The number of thiophene rings is 1. The van der Waals surface area contributed by atoms with E-state index in [0.717, 1.165) is 5.33 Å². The summed E-state index contributed by atoms with van der Waals surface area (Å²) in [6.45, 7) is 0. The molecule has 0 nitrogen and oxygen atoms in total. The lowest BCUT2D eigenvalue weighted by Gasteiger charge is -2.08. The Kier molecular flexibility index (Phi) is 3.45. The molecule has 1 aromatic rings. The normalized spacial score (nSPS) is 15.8. The van der Waals surface area contributed by atoms with E-state index in [1.54, 1.807) is 15.3 Å². The maximum Gasteiger partial charge on any atom is 0.00801 e. The first kappa shape index (κ1) is 9.72. The van der Waals surface area contributed by atoms with Crippen molar-refractivity contribution in [3.63, 3.8) is 0 Å². The van der Waals surface area contributed by atoms with E-state index in [1.165, 1.54) is 38.5 Å². The molecule has 13 heavy (non-hydrogen) atoms. The minimum absolute atomic E-state index is 1.13. The summed E-state index contributed by atoms with van der Waals surface area (Å²) >= 11 is 5.54. The molecule has 1 aromatic heterocycles. The predicted molar refractivity (Wildman–Crippen MR) is 63.1 cm³/mol. The fourth-order valence-corrected chi connectivity index (χ4v) is 3.50. The van der Waals surface area contributed by atoms with Crippen LogP contribution in [0.4, 0.5) is 0 Å². The van der Waals surface area contributed by atoms with Crippen LogP contribution in [0.5, 0.6) is 0 Å². The van der Waals surface area contributed by atoms with E-state index in [9.17, 15) is 0 Å². The first-order valence-corrected chi connectivity index (χ1v) is 7.00. The molecule has 1 heterocycles. The molecule has 0 spiro atoms. The molecular formula is C11H15BrS. The minimum atomic E-state index is 1.13. The average Bonchev–Trinajstić information content (AvgIpc) is 2.57. The van der Waals surface area contributed by atoms with Gasteiger partial charge in [-0.15, -0.1) is 11.3 Å².